The van der Waals surface area contributed by atoms with Crippen LogP contribution in [0.5, 0.6) is 0 Å². The van der Waals surface area contributed by atoms with Crippen LogP contribution in [0, 0.1) is 5.92 Å². The van der Waals surface area contributed by atoms with Gasteiger partial charge < -0.3 is 19.9 Å². The molecule has 0 radical (unpaired) electrons. The molecule has 0 fully saturated rings. The Morgan fingerprint density at radius 3 is 2.25 bits per heavy atom. The molecule has 0 aliphatic heterocycles. The van der Waals surface area contributed by atoms with Gasteiger partial charge in [-0.25, -0.2) is 4.79 Å². The highest BCUT2D eigenvalue weighted by atomic mass is 16.5. The molecular formula is C10H19NO5. The molecule has 6 heteroatoms. The molecule has 0 aromatic carbocycles. The highest BCUT2D eigenvalue weighted by Gasteiger charge is 2.20. The monoisotopic (exact) mass is 233 g/mol. The van der Waals surface area contributed by atoms with Crippen molar-refractivity contribution in [3.05, 3.63) is 0 Å². The maximum Gasteiger partial charge on any atom is 0.328 e. The Labute approximate surface area is 94.9 Å². The molecule has 2 atom stereocenters. The number of methoxy groups -OCH3 is 2. The minimum absolute atomic E-state index is 0.0419. The van der Waals surface area contributed by atoms with E-state index in [0.717, 1.165) is 0 Å². The van der Waals surface area contributed by atoms with E-state index in [9.17, 15) is 9.59 Å². The second-order valence-electron chi connectivity index (χ2n) is 3.68. The molecule has 0 aromatic heterocycles. The lowest BCUT2D eigenvalue weighted by molar-refractivity contribution is -0.143. The molecule has 0 saturated carbocycles. The smallest absolute Gasteiger partial charge is 0.328 e. The molecule has 0 aliphatic carbocycles. The number of ether oxygens (including phenoxy) is 2. The Balaban J connectivity index is 4.04. The molecule has 1 amide bonds. The number of carbonyl (C=O) groups excluding carboxylic acids is 1. The van der Waals surface area contributed by atoms with Crippen LogP contribution in [0.1, 0.15) is 13.3 Å². The van der Waals surface area contributed by atoms with E-state index in [2.05, 4.69) is 5.32 Å². The Morgan fingerprint density at radius 2 is 1.81 bits per heavy atom. The maximum atomic E-state index is 11.4. The molecule has 0 heterocycles. The van der Waals surface area contributed by atoms with Crippen LogP contribution in [0.2, 0.25) is 0 Å². The molecule has 94 valence electrons. The van der Waals surface area contributed by atoms with Crippen molar-refractivity contribution in [3.63, 3.8) is 0 Å². The standard InChI is InChI=1S/C10H19NO5/c1-7(5-15-2)4-9(12)11-8(6-16-3)10(13)14/h7-8H,4-6H2,1-3H3,(H,11,12)(H,13,14). The lowest BCUT2D eigenvalue weighted by Crippen LogP contribution is -2.44. The van der Waals surface area contributed by atoms with Crippen LogP contribution < -0.4 is 5.32 Å². The average Bonchev–Trinajstić information content (AvgIpc) is 2.16. The van der Waals surface area contributed by atoms with E-state index in [1.54, 1.807) is 7.11 Å². The molecule has 16 heavy (non-hydrogen) atoms. The number of hydrogen-bond acceptors (Lipinski definition) is 4. The highest BCUT2D eigenvalue weighted by Crippen LogP contribution is 2.02. The molecule has 0 saturated heterocycles. The number of carboxylic acid groups (broad SMARTS) is 1. The Hall–Kier alpha value is -1.14. The van der Waals surface area contributed by atoms with Crippen molar-refractivity contribution in [1.82, 2.24) is 5.32 Å². The van der Waals surface area contributed by atoms with E-state index in [-0.39, 0.29) is 24.9 Å². The fourth-order valence-electron chi connectivity index (χ4n) is 1.25. The zero-order valence-corrected chi connectivity index (χ0v) is 9.86. The van der Waals surface area contributed by atoms with E-state index in [4.69, 9.17) is 14.6 Å². The minimum atomic E-state index is -1.10. The molecule has 0 rings (SSSR count). The van der Waals surface area contributed by atoms with Gasteiger partial charge in [-0.2, -0.15) is 0 Å². The molecule has 2 N–H and O–H groups in total. The third-order valence-electron chi connectivity index (χ3n) is 1.95. The molecule has 0 aromatic rings. The maximum absolute atomic E-state index is 11.4. The third kappa shape index (κ3) is 6.36. The summed E-state index contributed by atoms with van der Waals surface area (Å²) in [7, 11) is 2.94. The minimum Gasteiger partial charge on any atom is -0.480 e. The van der Waals surface area contributed by atoms with Gasteiger partial charge in [0.15, 0.2) is 6.04 Å². The van der Waals surface area contributed by atoms with Crippen LogP contribution in [0.3, 0.4) is 0 Å². The van der Waals surface area contributed by atoms with Gasteiger partial charge in [-0.05, 0) is 5.92 Å². The number of rotatable bonds is 8. The summed E-state index contributed by atoms with van der Waals surface area (Å²) in [5, 5.41) is 11.2. The first kappa shape index (κ1) is 14.9. The summed E-state index contributed by atoms with van der Waals surface area (Å²) in [6.45, 7) is 2.28. The van der Waals surface area contributed by atoms with Gasteiger partial charge in [0, 0.05) is 27.2 Å². The van der Waals surface area contributed by atoms with Gasteiger partial charge in [-0.3, -0.25) is 4.79 Å². The summed E-state index contributed by atoms with van der Waals surface area (Å²) in [5.41, 5.74) is 0. The number of nitrogens with one attached hydrogen (secondary N) is 1. The van der Waals surface area contributed by atoms with E-state index in [1.807, 2.05) is 6.92 Å². The summed E-state index contributed by atoms with van der Waals surface area (Å²) in [5.74, 6) is -1.36. The van der Waals surface area contributed by atoms with E-state index in [0.29, 0.717) is 6.61 Å². The lowest BCUT2D eigenvalue weighted by Gasteiger charge is -2.15. The zero-order valence-electron chi connectivity index (χ0n) is 9.86. The predicted octanol–water partition coefficient (Wildman–Crippen LogP) is -0.125. The van der Waals surface area contributed by atoms with Gasteiger partial charge in [0.25, 0.3) is 0 Å². The fourth-order valence-corrected chi connectivity index (χ4v) is 1.25. The summed E-state index contributed by atoms with van der Waals surface area (Å²) < 4.78 is 9.58. The predicted molar refractivity (Wildman–Crippen MR) is 57.1 cm³/mol. The van der Waals surface area contributed by atoms with Gasteiger partial charge in [-0.15, -0.1) is 0 Å². The van der Waals surface area contributed by atoms with Crippen molar-refractivity contribution in [3.8, 4) is 0 Å². The molecule has 0 spiro atoms. The van der Waals surface area contributed by atoms with Crippen molar-refractivity contribution < 1.29 is 24.2 Å². The lowest BCUT2D eigenvalue weighted by atomic mass is 10.1. The van der Waals surface area contributed by atoms with Crippen molar-refractivity contribution in [2.24, 2.45) is 5.92 Å². The normalized spacial score (nSPS) is 14.2. The first-order valence-corrected chi connectivity index (χ1v) is 5.01. The molecule has 2 unspecified atom stereocenters. The number of aliphatic carboxylic acids is 1. The quantitative estimate of drug-likeness (QED) is 0.610. The van der Waals surface area contributed by atoms with Crippen molar-refractivity contribution >= 4 is 11.9 Å². The average molecular weight is 233 g/mol. The van der Waals surface area contributed by atoms with Gasteiger partial charge in [0.05, 0.1) is 6.61 Å². The van der Waals surface area contributed by atoms with Gasteiger partial charge in [0.2, 0.25) is 5.91 Å². The number of carboxylic acids is 1. The van der Waals surface area contributed by atoms with Crippen LogP contribution in [-0.4, -0.2) is 50.5 Å². The van der Waals surface area contributed by atoms with Crippen LogP contribution >= 0.6 is 0 Å². The molecular weight excluding hydrogens is 214 g/mol. The highest BCUT2D eigenvalue weighted by molar-refractivity contribution is 5.83. The van der Waals surface area contributed by atoms with E-state index < -0.39 is 12.0 Å². The Bertz CT molecular complexity index is 231. The summed E-state index contributed by atoms with van der Waals surface area (Å²) in [6, 6.07) is -0.993. The van der Waals surface area contributed by atoms with E-state index in [1.165, 1.54) is 7.11 Å². The van der Waals surface area contributed by atoms with Crippen LogP contribution in [0.25, 0.3) is 0 Å². The van der Waals surface area contributed by atoms with Crippen molar-refractivity contribution in [1.29, 1.82) is 0 Å². The number of hydrogen-bond donors (Lipinski definition) is 2. The van der Waals surface area contributed by atoms with Gasteiger partial charge in [0.1, 0.15) is 0 Å². The summed E-state index contributed by atoms with van der Waals surface area (Å²) in [4.78, 5) is 22.1. The van der Waals surface area contributed by atoms with Crippen LogP contribution in [0.4, 0.5) is 0 Å². The third-order valence-corrected chi connectivity index (χ3v) is 1.95. The zero-order chi connectivity index (χ0) is 12.6. The van der Waals surface area contributed by atoms with Crippen molar-refractivity contribution in [2.75, 3.05) is 27.4 Å². The first-order chi connectivity index (χ1) is 7.51. The number of carbonyl (C=O) groups is 2. The van der Waals surface area contributed by atoms with E-state index >= 15 is 0 Å². The topological polar surface area (TPSA) is 84.9 Å². The molecule has 6 nitrogen and oxygen atoms in total. The summed E-state index contributed by atoms with van der Waals surface area (Å²) >= 11 is 0. The van der Waals surface area contributed by atoms with Crippen molar-refractivity contribution in [2.45, 2.75) is 19.4 Å². The first-order valence-electron chi connectivity index (χ1n) is 5.01. The molecule has 0 aliphatic rings. The summed E-state index contributed by atoms with van der Waals surface area (Å²) in [6.07, 6.45) is 0.237. The fraction of sp³-hybridized carbons (Fsp3) is 0.800. The SMILES string of the molecule is COCC(C)CC(=O)NC(COC)C(=O)O. The second kappa shape index (κ2) is 8.06. The van der Waals surface area contributed by atoms with Crippen LogP contribution in [0.15, 0.2) is 0 Å². The van der Waals surface area contributed by atoms with Gasteiger partial charge in [-0.1, -0.05) is 6.92 Å². The Morgan fingerprint density at radius 1 is 1.25 bits per heavy atom. The van der Waals surface area contributed by atoms with Gasteiger partial charge >= 0.3 is 5.97 Å². The largest absolute Gasteiger partial charge is 0.480 e. The number of amides is 1. The van der Waals surface area contributed by atoms with Crippen LogP contribution in [-0.2, 0) is 19.1 Å². The Kier molecular flexibility index (Phi) is 7.49. The molecule has 0 bridgehead atoms. The second-order valence-corrected chi connectivity index (χ2v) is 3.68.